The van der Waals surface area contributed by atoms with E-state index >= 15 is 0 Å². The molecular formula is C21H29N5. The van der Waals surface area contributed by atoms with Gasteiger partial charge in [-0.05, 0) is 55.7 Å². The van der Waals surface area contributed by atoms with Gasteiger partial charge in [-0.3, -0.25) is 0 Å². The molecule has 0 radical (unpaired) electrons. The molecule has 1 aromatic heterocycles. The predicted molar refractivity (Wildman–Crippen MR) is 106 cm³/mol. The van der Waals surface area contributed by atoms with Crippen LogP contribution in [0.3, 0.4) is 0 Å². The number of nitrogens with zero attached hydrogens (tertiary/aromatic N) is 4. The lowest BCUT2D eigenvalue weighted by Gasteiger charge is -2.35. The molecule has 2 N–H and O–H groups in total. The van der Waals surface area contributed by atoms with Gasteiger partial charge in [-0.25, -0.2) is 4.98 Å². The van der Waals surface area contributed by atoms with Crippen LogP contribution in [0.2, 0.25) is 0 Å². The van der Waals surface area contributed by atoms with Crippen molar-refractivity contribution in [2.75, 3.05) is 43.4 Å². The smallest absolute Gasteiger partial charge is 0.221 e. The van der Waals surface area contributed by atoms with Gasteiger partial charge in [-0.1, -0.05) is 30.3 Å². The summed E-state index contributed by atoms with van der Waals surface area (Å²) in [7, 11) is 0. The van der Waals surface area contributed by atoms with E-state index in [0.29, 0.717) is 5.95 Å². The van der Waals surface area contributed by atoms with Crippen LogP contribution >= 0.6 is 0 Å². The Bertz CT molecular complexity index is 697. The predicted octanol–water partition coefficient (Wildman–Crippen LogP) is 2.84. The van der Waals surface area contributed by atoms with Gasteiger partial charge in [-0.15, -0.1) is 0 Å². The number of rotatable bonds is 5. The Morgan fingerprint density at radius 3 is 2.50 bits per heavy atom. The Labute approximate surface area is 156 Å². The highest BCUT2D eigenvalue weighted by atomic mass is 15.2. The monoisotopic (exact) mass is 351 g/mol. The summed E-state index contributed by atoms with van der Waals surface area (Å²) in [4.78, 5) is 13.4. The third-order valence-corrected chi connectivity index (χ3v) is 6.06. The largest absolute Gasteiger partial charge is 0.368 e. The summed E-state index contributed by atoms with van der Waals surface area (Å²) in [5, 5.41) is 0. The van der Waals surface area contributed by atoms with Crippen LogP contribution in [0.5, 0.6) is 0 Å². The average molecular weight is 351 g/mol. The maximum atomic E-state index is 5.72. The first-order valence-electron chi connectivity index (χ1n) is 9.88. The van der Waals surface area contributed by atoms with Crippen molar-refractivity contribution in [3.05, 3.63) is 48.2 Å². The Morgan fingerprint density at radius 2 is 1.73 bits per heavy atom. The molecule has 0 unspecified atom stereocenters. The molecule has 2 fully saturated rings. The number of nitrogen functional groups attached to an aromatic ring is 1. The summed E-state index contributed by atoms with van der Waals surface area (Å²) >= 11 is 0. The van der Waals surface area contributed by atoms with Crippen molar-refractivity contribution < 1.29 is 0 Å². The van der Waals surface area contributed by atoms with E-state index in [4.69, 9.17) is 5.73 Å². The molecule has 0 spiro atoms. The second kappa shape index (κ2) is 8.04. The van der Waals surface area contributed by atoms with E-state index < -0.39 is 0 Å². The van der Waals surface area contributed by atoms with E-state index in [0.717, 1.165) is 30.7 Å². The Hall–Kier alpha value is -2.14. The van der Waals surface area contributed by atoms with Gasteiger partial charge in [0.2, 0.25) is 5.95 Å². The van der Waals surface area contributed by atoms with Crippen molar-refractivity contribution in [2.45, 2.75) is 25.7 Å². The summed E-state index contributed by atoms with van der Waals surface area (Å²) in [6.45, 7) is 5.90. The molecule has 0 saturated carbocycles. The van der Waals surface area contributed by atoms with E-state index in [2.05, 4.69) is 50.1 Å². The molecule has 5 heteroatoms. The van der Waals surface area contributed by atoms with Gasteiger partial charge >= 0.3 is 0 Å². The summed E-state index contributed by atoms with van der Waals surface area (Å²) in [6, 6.07) is 12.8. The first-order chi connectivity index (χ1) is 12.8. The van der Waals surface area contributed by atoms with Crippen LogP contribution in [-0.2, 0) is 6.42 Å². The highest BCUT2D eigenvalue weighted by molar-refractivity contribution is 5.41. The van der Waals surface area contributed by atoms with Crippen LogP contribution in [0.1, 0.15) is 24.8 Å². The minimum atomic E-state index is 0.370. The lowest BCUT2D eigenvalue weighted by Crippen LogP contribution is -2.37. The number of hydrogen-bond donors (Lipinski definition) is 1. The number of aromatic nitrogens is 2. The SMILES string of the molecule is Nc1nccc(N2CCC([C@@H]3CCN(CCc4ccccc4)C3)CC2)n1. The molecule has 2 aliphatic rings. The molecule has 2 aliphatic heterocycles. The summed E-state index contributed by atoms with van der Waals surface area (Å²) in [5.41, 5.74) is 7.18. The topological polar surface area (TPSA) is 58.3 Å². The quantitative estimate of drug-likeness (QED) is 0.898. The Morgan fingerprint density at radius 1 is 0.962 bits per heavy atom. The summed E-state index contributed by atoms with van der Waals surface area (Å²) in [6.07, 6.45) is 6.81. The van der Waals surface area contributed by atoms with E-state index in [9.17, 15) is 0 Å². The molecule has 138 valence electrons. The van der Waals surface area contributed by atoms with E-state index in [1.165, 1.54) is 50.9 Å². The third kappa shape index (κ3) is 4.15. The molecule has 0 amide bonds. The molecule has 1 atom stereocenters. The average Bonchev–Trinajstić information content (AvgIpc) is 3.16. The van der Waals surface area contributed by atoms with Crippen molar-refractivity contribution in [2.24, 2.45) is 11.8 Å². The molecule has 2 saturated heterocycles. The second-order valence-corrected chi connectivity index (χ2v) is 7.68. The molecular weight excluding hydrogens is 322 g/mol. The standard InChI is InChI=1S/C21H29N5/c22-21-23-11-6-20(24-21)26-14-9-18(10-15-26)19-8-13-25(16-19)12-7-17-4-2-1-3-5-17/h1-6,11,18-19H,7-10,12-16H2,(H2,22,23,24)/t19-/m1/s1. The zero-order chi connectivity index (χ0) is 17.8. The fraction of sp³-hybridized carbons (Fsp3) is 0.524. The van der Waals surface area contributed by atoms with Gasteiger partial charge in [0.05, 0.1) is 0 Å². The molecule has 26 heavy (non-hydrogen) atoms. The molecule has 1 aromatic carbocycles. The van der Waals surface area contributed by atoms with Crippen molar-refractivity contribution in [1.29, 1.82) is 0 Å². The van der Waals surface area contributed by atoms with Crippen molar-refractivity contribution in [1.82, 2.24) is 14.9 Å². The molecule has 0 aliphatic carbocycles. The van der Waals surface area contributed by atoms with Gasteiger partial charge in [0.15, 0.2) is 0 Å². The van der Waals surface area contributed by atoms with Crippen LogP contribution in [0.4, 0.5) is 11.8 Å². The number of nitrogens with two attached hydrogens (primary N) is 1. The minimum Gasteiger partial charge on any atom is -0.368 e. The minimum absolute atomic E-state index is 0.370. The molecule has 4 rings (SSSR count). The highest BCUT2D eigenvalue weighted by Crippen LogP contribution is 2.33. The zero-order valence-electron chi connectivity index (χ0n) is 15.4. The van der Waals surface area contributed by atoms with E-state index in [1.54, 1.807) is 6.20 Å². The molecule has 0 bridgehead atoms. The van der Waals surface area contributed by atoms with Gasteiger partial charge in [-0.2, -0.15) is 4.98 Å². The van der Waals surface area contributed by atoms with Crippen LogP contribution in [0.25, 0.3) is 0 Å². The number of piperidine rings is 1. The summed E-state index contributed by atoms with van der Waals surface area (Å²) < 4.78 is 0. The van der Waals surface area contributed by atoms with Gasteiger partial charge in [0, 0.05) is 32.4 Å². The number of benzene rings is 1. The lowest BCUT2D eigenvalue weighted by molar-refractivity contribution is 0.257. The van der Waals surface area contributed by atoms with Crippen LogP contribution in [-0.4, -0.2) is 47.6 Å². The van der Waals surface area contributed by atoms with Gasteiger partial charge < -0.3 is 15.5 Å². The highest BCUT2D eigenvalue weighted by Gasteiger charge is 2.31. The maximum absolute atomic E-state index is 5.72. The molecule has 3 heterocycles. The first-order valence-corrected chi connectivity index (χ1v) is 9.88. The van der Waals surface area contributed by atoms with Crippen LogP contribution in [0, 0.1) is 11.8 Å². The van der Waals surface area contributed by atoms with Crippen LogP contribution in [0.15, 0.2) is 42.6 Å². The molecule has 5 nitrogen and oxygen atoms in total. The van der Waals surface area contributed by atoms with E-state index in [1.807, 2.05) is 6.07 Å². The lowest BCUT2D eigenvalue weighted by atomic mass is 9.84. The summed E-state index contributed by atoms with van der Waals surface area (Å²) in [5.74, 6) is 3.07. The van der Waals surface area contributed by atoms with Crippen molar-refractivity contribution >= 4 is 11.8 Å². The Balaban J connectivity index is 1.24. The van der Waals surface area contributed by atoms with Crippen LogP contribution < -0.4 is 10.6 Å². The normalized spacial score (nSPS) is 22.0. The van der Waals surface area contributed by atoms with Crippen molar-refractivity contribution in [3.8, 4) is 0 Å². The first kappa shape index (κ1) is 17.3. The number of anilines is 2. The maximum Gasteiger partial charge on any atom is 0.221 e. The van der Waals surface area contributed by atoms with Crippen molar-refractivity contribution in [3.63, 3.8) is 0 Å². The number of hydrogen-bond acceptors (Lipinski definition) is 5. The van der Waals surface area contributed by atoms with Gasteiger partial charge in [0.25, 0.3) is 0 Å². The second-order valence-electron chi connectivity index (χ2n) is 7.68. The third-order valence-electron chi connectivity index (χ3n) is 6.06. The fourth-order valence-corrected chi connectivity index (χ4v) is 4.52. The van der Waals surface area contributed by atoms with Gasteiger partial charge in [0.1, 0.15) is 5.82 Å². The Kier molecular flexibility index (Phi) is 5.34. The fourth-order valence-electron chi connectivity index (χ4n) is 4.52. The van der Waals surface area contributed by atoms with E-state index in [-0.39, 0.29) is 0 Å². The number of likely N-dealkylation sites (tertiary alicyclic amines) is 1. The molecule has 2 aromatic rings. The zero-order valence-corrected chi connectivity index (χ0v) is 15.4.